The van der Waals surface area contributed by atoms with Crippen molar-refractivity contribution in [1.29, 1.82) is 0 Å². The molecule has 1 saturated heterocycles. The van der Waals surface area contributed by atoms with Crippen LogP contribution >= 0.6 is 0 Å². The second-order valence-corrected chi connectivity index (χ2v) is 5.62. The molecule has 2 amide bonds. The number of likely N-dealkylation sites (tertiary alicyclic amines) is 1. The van der Waals surface area contributed by atoms with Crippen molar-refractivity contribution in [2.75, 3.05) is 20.1 Å². The first-order chi connectivity index (χ1) is 9.00. The van der Waals surface area contributed by atoms with E-state index in [9.17, 15) is 9.59 Å². The second kappa shape index (κ2) is 5.77. The highest BCUT2D eigenvalue weighted by molar-refractivity contribution is 5.83. The number of carboxylic acid groups (broad SMARTS) is 1. The first kappa shape index (κ1) is 14.1. The molecule has 2 aliphatic rings. The Balaban J connectivity index is 1.78. The minimum atomic E-state index is -0.907. The van der Waals surface area contributed by atoms with Crippen LogP contribution in [0.5, 0.6) is 0 Å². The predicted molar refractivity (Wildman–Crippen MR) is 71.0 cm³/mol. The van der Waals surface area contributed by atoms with E-state index in [0.717, 1.165) is 6.42 Å². The molecular formula is C13H23N3O3. The minimum absolute atomic E-state index is 0.249. The first-order valence-electron chi connectivity index (χ1n) is 7.00. The highest BCUT2D eigenvalue weighted by Gasteiger charge is 2.34. The highest BCUT2D eigenvalue weighted by Crippen LogP contribution is 2.26. The van der Waals surface area contributed by atoms with Crippen LogP contribution in [0.2, 0.25) is 0 Å². The number of nitrogens with one attached hydrogen (secondary N) is 1. The van der Waals surface area contributed by atoms with Gasteiger partial charge in [-0.3, -0.25) is 4.90 Å². The van der Waals surface area contributed by atoms with Crippen molar-refractivity contribution in [3.8, 4) is 0 Å². The van der Waals surface area contributed by atoms with Crippen LogP contribution in [-0.2, 0) is 4.79 Å². The largest absolute Gasteiger partial charge is 0.480 e. The van der Waals surface area contributed by atoms with Gasteiger partial charge < -0.3 is 15.3 Å². The topological polar surface area (TPSA) is 72.9 Å². The van der Waals surface area contributed by atoms with Gasteiger partial charge in [0.05, 0.1) is 0 Å². The summed E-state index contributed by atoms with van der Waals surface area (Å²) in [4.78, 5) is 26.7. The Kier molecular flexibility index (Phi) is 4.29. The fourth-order valence-electron chi connectivity index (χ4n) is 2.59. The number of hydrogen-bond acceptors (Lipinski definition) is 3. The van der Waals surface area contributed by atoms with Gasteiger partial charge in [-0.1, -0.05) is 0 Å². The van der Waals surface area contributed by atoms with Crippen molar-refractivity contribution in [1.82, 2.24) is 15.1 Å². The molecule has 2 fully saturated rings. The quantitative estimate of drug-likeness (QED) is 0.771. The Morgan fingerprint density at radius 2 is 2.11 bits per heavy atom. The van der Waals surface area contributed by atoms with Crippen LogP contribution < -0.4 is 5.32 Å². The number of nitrogens with zero attached hydrogens (tertiary/aromatic N) is 2. The van der Waals surface area contributed by atoms with Crippen molar-refractivity contribution in [3.63, 3.8) is 0 Å². The van der Waals surface area contributed by atoms with Gasteiger partial charge in [0.15, 0.2) is 0 Å². The van der Waals surface area contributed by atoms with E-state index in [1.165, 1.54) is 17.7 Å². The molecular weight excluding hydrogens is 246 g/mol. The average Bonchev–Trinajstić information content (AvgIpc) is 3.10. The monoisotopic (exact) mass is 269 g/mol. The first-order valence-corrected chi connectivity index (χ1v) is 7.00. The number of carboxylic acids is 1. The summed E-state index contributed by atoms with van der Waals surface area (Å²) in [5, 5.41) is 11.9. The maximum Gasteiger partial charge on any atom is 0.326 e. The lowest BCUT2D eigenvalue weighted by molar-refractivity contribution is -0.141. The summed E-state index contributed by atoms with van der Waals surface area (Å²) in [6.07, 6.45) is 3.80. The summed E-state index contributed by atoms with van der Waals surface area (Å²) in [7, 11) is 2.07. The summed E-state index contributed by atoms with van der Waals surface area (Å²) >= 11 is 0. The molecule has 6 heteroatoms. The predicted octanol–water partition coefficient (Wildman–Crippen LogP) is 0.728. The van der Waals surface area contributed by atoms with E-state index in [1.54, 1.807) is 0 Å². The van der Waals surface area contributed by atoms with Gasteiger partial charge in [0.1, 0.15) is 6.04 Å². The Morgan fingerprint density at radius 3 is 2.68 bits per heavy atom. The van der Waals surface area contributed by atoms with Gasteiger partial charge in [0, 0.05) is 25.2 Å². The third-order valence-corrected chi connectivity index (χ3v) is 4.17. The Labute approximate surface area is 113 Å². The summed E-state index contributed by atoms with van der Waals surface area (Å²) in [6.45, 7) is 3.18. The van der Waals surface area contributed by atoms with E-state index in [0.29, 0.717) is 25.6 Å². The molecule has 2 rings (SSSR count). The van der Waals surface area contributed by atoms with Crippen LogP contribution in [0, 0.1) is 0 Å². The van der Waals surface area contributed by atoms with Crippen molar-refractivity contribution >= 4 is 12.0 Å². The van der Waals surface area contributed by atoms with E-state index in [2.05, 4.69) is 24.2 Å². The zero-order valence-corrected chi connectivity index (χ0v) is 11.6. The van der Waals surface area contributed by atoms with Crippen molar-refractivity contribution in [2.45, 2.75) is 50.7 Å². The van der Waals surface area contributed by atoms with E-state index in [-0.39, 0.29) is 12.1 Å². The smallest absolute Gasteiger partial charge is 0.326 e. The lowest BCUT2D eigenvalue weighted by Gasteiger charge is -2.27. The van der Waals surface area contributed by atoms with E-state index in [1.807, 2.05) is 0 Å². The number of carbonyl (C=O) groups is 2. The maximum absolute atomic E-state index is 12.0. The van der Waals surface area contributed by atoms with E-state index >= 15 is 0 Å². The summed E-state index contributed by atoms with van der Waals surface area (Å²) in [5.74, 6) is -0.907. The number of amides is 2. The van der Waals surface area contributed by atoms with Crippen LogP contribution in [0.4, 0.5) is 4.79 Å². The van der Waals surface area contributed by atoms with Gasteiger partial charge >= 0.3 is 12.0 Å². The Morgan fingerprint density at radius 1 is 1.42 bits per heavy atom. The van der Waals surface area contributed by atoms with Gasteiger partial charge in [0.2, 0.25) is 0 Å². The fourth-order valence-corrected chi connectivity index (χ4v) is 2.59. The molecule has 6 nitrogen and oxygen atoms in total. The molecule has 1 aliphatic carbocycles. The van der Waals surface area contributed by atoms with Crippen LogP contribution in [0.25, 0.3) is 0 Å². The number of carbonyl (C=O) groups excluding carboxylic acids is 1. The normalized spacial score (nSPS) is 24.6. The number of hydrogen-bond donors (Lipinski definition) is 2. The van der Waals surface area contributed by atoms with Gasteiger partial charge in [-0.15, -0.1) is 0 Å². The average molecular weight is 269 g/mol. The molecule has 1 saturated carbocycles. The van der Waals surface area contributed by atoms with Gasteiger partial charge in [-0.25, -0.2) is 9.59 Å². The molecule has 2 N–H and O–H groups in total. The number of likely N-dealkylation sites (N-methyl/N-ethyl adjacent to an activating group) is 1. The molecule has 0 spiro atoms. The third kappa shape index (κ3) is 3.37. The van der Waals surface area contributed by atoms with Gasteiger partial charge in [-0.05, 0) is 39.7 Å². The van der Waals surface area contributed by atoms with Gasteiger partial charge in [0.25, 0.3) is 0 Å². The molecule has 2 atom stereocenters. The maximum atomic E-state index is 12.0. The van der Waals surface area contributed by atoms with Crippen LogP contribution in [-0.4, -0.2) is 65.2 Å². The second-order valence-electron chi connectivity index (χ2n) is 5.62. The van der Waals surface area contributed by atoms with Crippen LogP contribution in [0.15, 0.2) is 0 Å². The molecule has 19 heavy (non-hydrogen) atoms. The van der Waals surface area contributed by atoms with Crippen LogP contribution in [0.1, 0.15) is 32.6 Å². The number of aliphatic carboxylic acids is 1. The molecule has 0 aromatic carbocycles. The molecule has 0 bridgehead atoms. The lowest BCUT2D eigenvalue weighted by atomic mass is 10.2. The molecule has 0 aromatic heterocycles. The minimum Gasteiger partial charge on any atom is -0.480 e. The third-order valence-electron chi connectivity index (χ3n) is 4.17. The zero-order valence-electron chi connectivity index (χ0n) is 11.6. The van der Waals surface area contributed by atoms with Crippen molar-refractivity contribution < 1.29 is 14.7 Å². The molecule has 2 unspecified atom stereocenters. The van der Waals surface area contributed by atoms with E-state index < -0.39 is 12.0 Å². The molecule has 1 aliphatic heterocycles. The van der Waals surface area contributed by atoms with Crippen molar-refractivity contribution in [3.05, 3.63) is 0 Å². The molecule has 0 aromatic rings. The Hall–Kier alpha value is -1.30. The number of urea groups is 1. The molecule has 1 heterocycles. The standard InChI is InChI=1S/C13H23N3O3/c1-9(15(2)10-5-6-10)8-14-13(19)16-7-3-4-11(16)12(17)18/h9-11H,3-8H2,1-2H3,(H,14,19)(H,17,18). The lowest BCUT2D eigenvalue weighted by Crippen LogP contribution is -2.49. The SMILES string of the molecule is CC(CNC(=O)N1CCCC1C(=O)O)N(C)C1CC1. The van der Waals surface area contributed by atoms with Crippen molar-refractivity contribution in [2.24, 2.45) is 0 Å². The summed E-state index contributed by atoms with van der Waals surface area (Å²) in [5.41, 5.74) is 0. The summed E-state index contributed by atoms with van der Waals surface area (Å²) < 4.78 is 0. The fraction of sp³-hybridized carbons (Fsp3) is 0.846. The summed E-state index contributed by atoms with van der Waals surface area (Å²) in [6, 6.07) is 0.0326. The highest BCUT2D eigenvalue weighted by atomic mass is 16.4. The van der Waals surface area contributed by atoms with E-state index in [4.69, 9.17) is 5.11 Å². The molecule has 108 valence electrons. The number of rotatable bonds is 5. The Bertz CT molecular complexity index is 357. The van der Waals surface area contributed by atoms with Crippen LogP contribution in [0.3, 0.4) is 0 Å². The molecule has 0 radical (unpaired) electrons. The zero-order chi connectivity index (χ0) is 14.0. The van der Waals surface area contributed by atoms with Gasteiger partial charge in [-0.2, -0.15) is 0 Å².